The Labute approximate surface area is 73.8 Å². The molecule has 0 spiro atoms. The second kappa shape index (κ2) is 5.61. The Kier molecular flexibility index (Phi) is 5.13. The van der Waals surface area contributed by atoms with Crippen LogP contribution in [0.5, 0.6) is 5.75 Å². The van der Waals surface area contributed by atoms with Gasteiger partial charge >= 0.3 is 0 Å². The summed E-state index contributed by atoms with van der Waals surface area (Å²) in [4.78, 5) is 0. The first-order valence-corrected chi connectivity index (χ1v) is 3.78. The van der Waals surface area contributed by atoms with Gasteiger partial charge in [0.15, 0.2) is 0 Å². The topological polar surface area (TPSA) is 29.5 Å². The van der Waals surface area contributed by atoms with E-state index >= 15 is 0 Å². The second-order valence-electron chi connectivity index (χ2n) is 2.63. The summed E-state index contributed by atoms with van der Waals surface area (Å²) in [6.45, 7) is 3.89. The molecule has 2 heteroatoms. The van der Waals surface area contributed by atoms with E-state index in [-0.39, 0.29) is 0 Å². The Morgan fingerprint density at radius 2 is 1.67 bits per heavy atom. The summed E-state index contributed by atoms with van der Waals surface area (Å²) in [5.74, 6) is 0.384. The number of phenols is 1. The third-order valence-electron chi connectivity index (χ3n) is 1.58. The van der Waals surface area contributed by atoms with Crippen molar-refractivity contribution in [3.63, 3.8) is 0 Å². The molecule has 0 amide bonds. The van der Waals surface area contributed by atoms with E-state index in [4.69, 9.17) is 5.11 Å². The van der Waals surface area contributed by atoms with Crippen LogP contribution in [0.25, 0.3) is 0 Å². The second-order valence-corrected chi connectivity index (χ2v) is 2.63. The van der Waals surface area contributed by atoms with Gasteiger partial charge in [-0.3, -0.25) is 0 Å². The van der Waals surface area contributed by atoms with E-state index in [0.29, 0.717) is 5.75 Å². The van der Waals surface area contributed by atoms with Crippen LogP contribution in [-0.2, 0) is 4.74 Å². The fourth-order valence-electron chi connectivity index (χ4n) is 0.736. The Hall–Kier alpha value is -1.02. The maximum atomic E-state index is 9.10. The zero-order valence-corrected chi connectivity index (χ0v) is 8.09. The maximum Gasteiger partial charge on any atom is 0.118 e. The zero-order valence-electron chi connectivity index (χ0n) is 8.09. The molecule has 0 saturated heterocycles. The first-order valence-electron chi connectivity index (χ1n) is 3.78. The molecule has 12 heavy (non-hydrogen) atoms. The van der Waals surface area contributed by atoms with Gasteiger partial charge in [0.25, 0.3) is 0 Å². The van der Waals surface area contributed by atoms with Crippen LogP contribution >= 0.6 is 0 Å². The lowest BCUT2D eigenvalue weighted by Gasteiger charge is -1.99. The van der Waals surface area contributed by atoms with E-state index in [0.717, 1.165) is 11.1 Å². The van der Waals surface area contributed by atoms with Crippen molar-refractivity contribution in [1.82, 2.24) is 0 Å². The fourth-order valence-corrected chi connectivity index (χ4v) is 0.736. The number of aromatic hydroxyl groups is 1. The number of ether oxygens (including phenoxy) is 1. The molecule has 0 radical (unpaired) electrons. The van der Waals surface area contributed by atoms with Crippen LogP contribution in [0.4, 0.5) is 0 Å². The van der Waals surface area contributed by atoms with Crippen molar-refractivity contribution in [3.05, 3.63) is 29.3 Å². The minimum absolute atomic E-state index is 0.384. The molecule has 0 atom stereocenters. The number of methoxy groups -OCH3 is 1. The number of hydrogen-bond donors (Lipinski definition) is 1. The molecule has 0 bridgehead atoms. The average Bonchev–Trinajstić information content (AvgIpc) is 2.02. The van der Waals surface area contributed by atoms with Crippen molar-refractivity contribution in [2.24, 2.45) is 0 Å². The highest BCUT2D eigenvalue weighted by atomic mass is 16.4. The summed E-state index contributed by atoms with van der Waals surface area (Å²) in [5.41, 5.74) is 2.10. The molecule has 1 aromatic carbocycles. The van der Waals surface area contributed by atoms with Crippen LogP contribution in [0.15, 0.2) is 18.2 Å². The molecule has 0 aliphatic carbocycles. The Bertz CT molecular complexity index is 211. The summed E-state index contributed by atoms with van der Waals surface area (Å²) in [7, 11) is 3.25. The molecule has 2 nitrogen and oxygen atoms in total. The first kappa shape index (κ1) is 11.0. The van der Waals surface area contributed by atoms with E-state index in [9.17, 15) is 0 Å². The van der Waals surface area contributed by atoms with Gasteiger partial charge in [0, 0.05) is 14.2 Å². The molecule has 0 aliphatic rings. The van der Waals surface area contributed by atoms with E-state index < -0.39 is 0 Å². The highest BCUT2D eigenvalue weighted by molar-refractivity contribution is 5.36. The van der Waals surface area contributed by atoms with Crippen LogP contribution in [0, 0.1) is 13.8 Å². The lowest BCUT2D eigenvalue weighted by molar-refractivity contribution is 0.277. The Morgan fingerprint density at radius 1 is 1.17 bits per heavy atom. The highest BCUT2D eigenvalue weighted by Crippen LogP contribution is 2.17. The molecule has 0 unspecified atom stereocenters. The summed E-state index contributed by atoms with van der Waals surface area (Å²) in [6.07, 6.45) is 0. The predicted molar refractivity (Wildman–Crippen MR) is 50.5 cm³/mol. The van der Waals surface area contributed by atoms with Crippen LogP contribution in [0.3, 0.4) is 0 Å². The third-order valence-corrected chi connectivity index (χ3v) is 1.58. The standard InChI is InChI=1S/C8H10O.C2H6O/c1-6-4-3-5-8(9)7(6)2;1-3-2/h3-5,9H,1-2H3;1-2H3. The minimum atomic E-state index is 0.384. The number of benzene rings is 1. The van der Waals surface area contributed by atoms with Crippen molar-refractivity contribution in [1.29, 1.82) is 0 Å². The van der Waals surface area contributed by atoms with Crippen molar-refractivity contribution in [2.45, 2.75) is 13.8 Å². The summed E-state index contributed by atoms with van der Waals surface area (Å²) in [6, 6.07) is 5.52. The minimum Gasteiger partial charge on any atom is -0.508 e. The average molecular weight is 168 g/mol. The van der Waals surface area contributed by atoms with Crippen LogP contribution in [0.1, 0.15) is 11.1 Å². The van der Waals surface area contributed by atoms with Gasteiger partial charge in [-0.25, -0.2) is 0 Å². The van der Waals surface area contributed by atoms with Gasteiger partial charge in [-0.05, 0) is 31.0 Å². The van der Waals surface area contributed by atoms with Gasteiger partial charge < -0.3 is 9.84 Å². The smallest absolute Gasteiger partial charge is 0.118 e. The molecule has 1 N–H and O–H groups in total. The summed E-state index contributed by atoms with van der Waals surface area (Å²) in [5, 5.41) is 9.10. The first-order chi connectivity index (χ1) is 5.63. The van der Waals surface area contributed by atoms with E-state index in [1.54, 1.807) is 20.3 Å². The Morgan fingerprint density at radius 3 is 2.00 bits per heavy atom. The normalized spacial score (nSPS) is 8.67. The SMILES string of the molecule is COC.Cc1cccc(O)c1C. The van der Waals surface area contributed by atoms with E-state index in [1.165, 1.54) is 0 Å². The van der Waals surface area contributed by atoms with Gasteiger partial charge in [0.1, 0.15) is 5.75 Å². The van der Waals surface area contributed by atoms with Crippen LogP contribution in [-0.4, -0.2) is 19.3 Å². The predicted octanol–water partition coefficient (Wildman–Crippen LogP) is 2.27. The molecule has 1 aromatic rings. The lowest BCUT2D eigenvalue weighted by atomic mass is 10.1. The number of phenolic OH excluding ortho intramolecular Hbond substituents is 1. The van der Waals surface area contributed by atoms with E-state index in [1.807, 2.05) is 26.0 Å². The maximum absolute atomic E-state index is 9.10. The molecule has 0 aliphatic heterocycles. The number of hydrogen-bond acceptors (Lipinski definition) is 2. The summed E-state index contributed by atoms with van der Waals surface area (Å²) >= 11 is 0. The zero-order chi connectivity index (χ0) is 9.56. The lowest BCUT2D eigenvalue weighted by Crippen LogP contribution is -1.78. The van der Waals surface area contributed by atoms with Gasteiger partial charge in [-0.15, -0.1) is 0 Å². The van der Waals surface area contributed by atoms with Crippen molar-refractivity contribution >= 4 is 0 Å². The molecule has 0 aromatic heterocycles. The molecule has 68 valence electrons. The molecule has 0 saturated carbocycles. The van der Waals surface area contributed by atoms with Gasteiger partial charge in [0.05, 0.1) is 0 Å². The molecular formula is C10H16O2. The van der Waals surface area contributed by atoms with E-state index in [2.05, 4.69) is 4.74 Å². The largest absolute Gasteiger partial charge is 0.508 e. The van der Waals surface area contributed by atoms with Crippen molar-refractivity contribution < 1.29 is 9.84 Å². The van der Waals surface area contributed by atoms with Crippen LogP contribution < -0.4 is 0 Å². The highest BCUT2D eigenvalue weighted by Gasteiger charge is 1.94. The van der Waals surface area contributed by atoms with Gasteiger partial charge in [-0.2, -0.15) is 0 Å². The Balaban J connectivity index is 0.000000354. The van der Waals surface area contributed by atoms with Gasteiger partial charge in [0.2, 0.25) is 0 Å². The molecule has 1 rings (SSSR count). The molecular weight excluding hydrogens is 152 g/mol. The molecule has 0 heterocycles. The monoisotopic (exact) mass is 168 g/mol. The van der Waals surface area contributed by atoms with Gasteiger partial charge in [-0.1, -0.05) is 12.1 Å². The van der Waals surface area contributed by atoms with Crippen LogP contribution in [0.2, 0.25) is 0 Å². The summed E-state index contributed by atoms with van der Waals surface area (Å²) < 4.78 is 4.25. The molecule has 0 fully saturated rings. The fraction of sp³-hybridized carbons (Fsp3) is 0.400. The van der Waals surface area contributed by atoms with Crippen molar-refractivity contribution in [3.8, 4) is 5.75 Å². The quantitative estimate of drug-likeness (QED) is 0.644. The number of aryl methyl sites for hydroxylation is 1. The third kappa shape index (κ3) is 3.39. The number of rotatable bonds is 0. The van der Waals surface area contributed by atoms with Crippen molar-refractivity contribution in [2.75, 3.05) is 14.2 Å².